The minimum atomic E-state index is -2.02. The third-order valence-electron chi connectivity index (χ3n) is 18.3. The number of hydrogen-bond donors (Lipinski definition) is 23. The Morgan fingerprint density at radius 3 is 1.25 bits per heavy atom. The molecule has 26 atom stereocenters. The van der Waals surface area contributed by atoms with Crippen LogP contribution in [0.3, 0.4) is 0 Å². The van der Waals surface area contributed by atoms with Crippen LogP contribution in [0.1, 0.15) is 104 Å². The van der Waals surface area contributed by atoms with Crippen molar-refractivity contribution in [2.75, 3.05) is 98.5 Å². The van der Waals surface area contributed by atoms with Crippen LogP contribution in [0, 0.1) is 0 Å². The molecule has 0 aromatic carbocycles. The Labute approximate surface area is 617 Å². The Morgan fingerprint density at radius 1 is 0.374 bits per heavy atom. The summed E-state index contributed by atoms with van der Waals surface area (Å²) < 4.78 is 55.3. The molecule has 0 aromatic rings. The predicted octanol–water partition coefficient (Wildman–Crippen LogP) is -11.7. The average Bonchev–Trinajstić information content (AvgIpc) is 0.785. The van der Waals surface area contributed by atoms with Crippen LogP contribution in [0.5, 0.6) is 0 Å². The Balaban J connectivity index is 1.10. The largest absolute Gasteiger partial charge is 0.394 e. The summed E-state index contributed by atoms with van der Waals surface area (Å²) in [6, 6.07) is -1.25. The zero-order valence-corrected chi connectivity index (χ0v) is 60.3. The van der Waals surface area contributed by atoms with Gasteiger partial charge in [0.1, 0.15) is 122 Å². The van der Waals surface area contributed by atoms with Gasteiger partial charge in [0.25, 0.3) is 0 Å². The van der Waals surface area contributed by atoms with Gasteiger partial charge in [-0.3, -0.25) is 43.3 Å². The van der Waals surface area contributed by atoms with E-state index in [0.717, 1.165) is 0 Å². The minimum absolute atomic E-state index is 0.00240. The van der Waals surface area contributed by atoms with Crippen molar-refractivity contribution in [3.8, 4) is 0 Å². The van der Waals surface area contributed by atoms with Gasteiger partial charge in [-0.1, -0.05) is 13.3 Å². The highest BCUT2D eigenvalue weighted by molar-refractivity contribution is 5.92. The maximum Gasteiger partial charge on any atom is 0.243 e. The van der Waals surface area contributed by atoms with Crippen molar-refractivity contribution < 1.29 is 167 Å². The number of hydrogen-bond acceptors (Lipinski definition) is 35. The van der Waals surface area contributed by atoms with Crippen LogP contribution < -0.4 is 37.2 Å². The van der Waals surface area contributed by atoms with Crippen LogP contribution in [0.25, 0.3) is 0 Å². The van der Waals surface area contributed by atoms with Gasteiger partial charge >= 0.3 is 0 Å². The van der Waals surface area contributed by atoms with Gasteiger partial charge in [0, 0.05) is 65.0 Å². The summed E-state index contributed by atoms with van der Waals surface area (Å²) >= 11 is 0. The molecule has 107 heavy (non-hydrogen) atoms. The number of carbonyl (C=O) groups excluding carboxylic acids is 8. The van der Waals surface area contributed by atoms with Crippen molar-refractivity contribution in [3.63, 3.8) is 0 Å². The highest BCUT2D eigenvalue weighted by atomic mass is 16.8. The quantitative estimate of drug-likeness (QED) is 0.0252. The van der Waals surface area contributed by atoms with Gasteiger partial charge < -0.3 is 166 Å². The molecule has 5 aliphatic heterocycles. The molecule has 42 heteroatoms. The number of ketones is 1. The lowest BCUT2D eigenvalue weighted by Crippen LogP contribution is -2.65. The Morgan fingerprint density at radius 2 is 0.757 bits per heavy atom. The third kappa shape index (κ3) is 30.1. The molecule has 0 radical (unpaired) electrons. The second-order valence-electron chi connectivity index (χ2n) is 26.8. The molecule has 5 fully saturated rings. The molecule has 5 saturated heterocycles. The fourth-order valence-electron chi connectivity index (χ4n) is 11.8. The Kier molecular flexibility index (Phi) is 41.4. The summed E-state index contributed by atoms with van der Waals surface area (Å²) in [6.45, 7) is -0.297. The molecule has 7 amide bonds. The fraction of sp³-hybridized carbons (Fsp3) is 0.877. The number of carbonyl (C=O) groups is 8. The van der Waals surface area contributed by atoms with E-state index in [1.54, 1.807) is 6.92 Å². The smallest absolute Gasteiger partial charge is 0.243 e. The average molecular weight is 1550 g/mol. The summed E-state index contributed by atoms with van der Waals surface area (Å²) in [5.41, 5.74) is 0. The molecule has 0 aliphatic carbocycles. The highest BCUT2D eigenvalue weighted by Gasteiger charge is 2.53. The van der Waals surface area contributed by atoms with Crippen molar-refractivity contribution in [1.82, 2.24) is 42.1 Å². The van der Waals surface area contributed by atoms with Gasteiger partial charge in [-0.15, -0.1) is 0 Å². The zero-order chi connectivity index (χ0) is 79.0. The van der Waals surface area contributed by atoms with E-state index >= 15 is 0 Å². The van der Waals surface area contributed by atoms with Crippen molar-refractivity contribution in [2.24, 2.45) is 0 Å². The van der Waals surface area contributed by atoms with Crippen LogP contribution in [0.4, 0.5) is 0 Å². The Hall–Kier alpha value is -5.12. The van der Waals surface area contributed by atoms with E-state index in [4.69, 9.17) is 47.4 Å². The lowest BCUT2D eigenvalue weighted by Gasteiger charge is -2.46. The van der Waals surface area contributed by atoms with Crippen molar-refractivity contribution in [3.05, 3.63) is 0 Å². The van der Waals surface area contributed by atoms with E-state index in [1.807, 2.05) is 0 Å². The lowest BCUT2D eigenvalue weighted by molar-refractivity contribution is -0.366. The maximum atomic E-state index is 13.5. The van der Waals surface area contributed by atoms with Crippen molar-refractivity contribution >= 4 is 47.1 Å². The minimum Gasteiger partial charge on any atom is -0.394 e. The van der Waals surface area contributed by atoms with E-state index in [2.05, 4.69) is 37.2 Å². The van der Waals surface area contributed by atoms with Crippen LogP contribution in [0.2, 0.25) is 0 Å². The van der Waals surface area contributed by atoms with Gasteiger partial charge in [0.05, 0.1) is 77.9 Å². The summed E-state index contributed by atoms with van der Waals surface area (Å²) in [5, 5.41) is 184. The normalized spacial score (nSPS) is 33.4. The highest BCUT2D eigenvalue weighted by Crippen LogP contribution is 2.32. The molecular weight excluding hydrogens is 1440 g/mol. The topological polar surface area (TPSA) is 640 Å². The first-order valence-electron chi connectivity index (χ1n) is 36.2. The van der Waals surface area contributed by atoms with Crippen LogP contribution in [-0.4, -0.2) is 392 Å². The number of nitrogens with zero attached hydrogens (tertiary/aromatic N) is 1. The lowest BCUT2D eigenvalue weighted by atomic mass is 9.96. The van der Waals surface area contributed by atoms with Crippen LogP contribution >= 0.6 is 0 Å². The number of aliphatic hydroxyl groups excluding tert-OH is 16. The summed E-state index contributed by atoms with van der Waals surface area (Å²) in [4.78, 5) is 105. The molecule has 0 saturated carbocycles. The van der Waals surface area contributed by atoms with E-state index < -0.39 is 247 Å². The number of rotatable bonds is 47. The molecule has 618 valence electrons. The molecule has 23 N–H and O–H groups in total. The number of amides is 7. The molecule has 0 bridgehead atoms. The van der Waals surface area contributed by atoms with Gasteiger partial charge in [0.15, 0.2) is 31.5 Å². The zero-order valence-electron chi connectivity index (χ0n) is 60.3. The fourth-order valence-corrected chi connectivity index (χ4v) is 11.8. The second kappa shape index (κ2) is 47.9. The molecule has 42 nitrogen and oxygen atoms in total. The van der Waals surface area contributed by atoms with E-state index in [-0.39, 0.29) is 77.0 Å². The first-order valence-corrected chi connectivity index (χ1v) is 36.2. The molecular formula is C65H114N8O34. The first kappa shape index (κ1) is 92.5. The number of nitrogens with one attached hydrogen (secondary N) is 7. The summed E-state index contributed by atoms with van der Waals surface area (Å²) in [7, 11) is 0. The van der Waals surface area contributed by atoms with Gasteiger partial charge in [-0.05, 0) is 58.8 Å². The number of Topliss-reactive ketones (excluding diaryl/α,β-unsaturated/α-hetero) is 1. The SMILES string of the molecule is CCC(=O)CCCCC(=O)N[C@@H](CC(=O)NCCCCCNC(=O)CN(CC(=O)NCCO[C@@H]1O[C@@H](C)[C@@H](O)[C@@H](O)[C@@H]1O)CC(=O)NCCO[C@H]1O[C@H](CO[C@H]2O[C@H](CO)[C@@H](O)[C@H](O)[C@@H]2O)[C@@H](O)[C@H](O[C@H]2O[C@H](CO)[C@@H](O)[C@H](O)[C@@H]2O)[C@@H]1O)C(=O)NCCCCCC(=O)NCCO[C@@H]1O[C@@H](C)[C@@H](O)[C@@H](O)[C@@H]1O. The van der Waals surface area contributed by atoms with Crippen molar-refractivity contribution in [2.45, 2.75) is 264 Å². The molecule has 0 spiro atoms. The Bertz CT molecular complexity index is 2690. The second-order valence-corrected chi connectivity index (χ2v) is 26.8. The van der Waals surface area contributed by atoms with Gasteiger partial charge in [-0.2, -0.15) is 0 Å². The molecule has 5 aliphatic rings. The number of unbranched alkanes of at least 4 members (excludes halogenated alkanes) is 5. The van der Waals surface area contributed by atoms with Gasteiger partial charge in [0.2, 0.25) is 41.4 Å². The van der Waals surface area contributed by atoms with E-state index in [9.17, 15) is 120 Å². The summed E-state index contributed by atoms with van der Waals surface area (Å²) in [6.07, 6.45) is -36.3. The molecule has 5 rings (SSSR count). The molecule has 0 aromatic heterocycles. The molecule has 0 unspecified atom stereocenters. The third-order valence-corrected chi connectivity index (χ3v) is 18.3. The maximum absolute atomic E-state index is 13.5. The first-order chi connectivity index (χ1) is 50.9. The van der Waals surface area contributed by atoms with Crippen LogP contribution in [-0.2, 0) is 85.7 Å². The standard InChI is InChI=1S/C65H114N8O34/c1-4-34(76)13-8-9-15-40(78)72-35(60(97)71-18-10-5-7-14-39(77)68-19-22-98-61-54(92)50(88)45(83)32(2)102-61)25-41(79)66-16-11-6-12-17-67-42(80)26-73(27-43(81)69-20-23-99-62-55(93)51(89)46(84)33(3)103-62)28-44(82)70-21-24-100-64-58(96)59(107-65-57(95)53(91)48(86)37(30-75)105-65)49(87)38(106-64)31-101-63-56(94)52(90)47(85)36(29-74)104-63/h32-33,35-38,45-59,61-65,74-75,83-96H,4-31H2,1-3H3,(H,66,79)(H,67,80)(H,68,77)(H,69,81)(H,70,82)(H,71,97)(H,72,78)/t32-,33-,35-,36+,37+,38+,45+,46+,47+,48+,49+,50+,51+,52-,53-,54-,55-,56-,57-,58-,59-,61+,62+,63-,64-,65+/m0/s1. The number of aliphatic hydroxyl groups is 16. The van der Waals surface area contributed by atoms with Crippen molar-refractivity contribution in [1.29, 1.82) is 0 Å². The predicted molar refractivity (Wildman–Crippen MR) is 359 cm³/mol. The number of ether oxygens (including phenoxy) is 10. The molecule has 5 heterocycles. The van der Waals surface area contributed by atoms with E-state index in [1.165, 1.54) is 18.7 Å². The van der Waals surface area contributed by atoms with Gasteiger partial charge in [-0.25, -0.2) is 0 Å². The van der Waals surface area contributed by atoms with E-state index in [0.29, 0.717) is 64.2 Å². The van der Waals surface area contributed by atoms with Crippen LogP contribution in [0.15, 0.2) is 0 Å². The monoisotopic (exact) mass is 1550 g/mol. The summed E-state index contributed by atoms with van der Waals surface area (Å²) in [5.74, 6) is -4.03.